The summed E-state index contributed by atoms with van der Waals surface area (Å²) in [5.74, 6) is 0.400. The van der Waals surface area contributed by atoms with Gasteiger partial charge in [0.25, 0.3) is 5.91 Å². The average molecular weight is 421 g/mol. The third kappa shape index (κ3) is 5.33. The fourth-order valence-electron chi connectivity index (χ4n) is 3.57. The summed E-state index contributed by atoms with van der Waals surface area (Å²) in [5, 5.41) is 8.69. The number of hydrogen-bond acceptors (Lipinski definition) is 5. The van der Waals surface area contributed by atoms with E-state index < -0.39 is 0 Å². The highest BCUT2D eigenvalue weighted by atomic mass is 35.5. The Balaban J connectivity index is 1.63. The lowest BCUT2D eigenvalue weighted by molar-refractivity contribution is -0.898. The maximum atomic E-state index is 12.9. The number of hydrogen-bond donors (Lipinski definition) is 2. The Labute approximate surface area is 175 Å². The number of amides is 2. The Morgan fingerprint density at radius 1 is 1.28 bits per heavy atom. The molecule has 1 aromatic heterocycles. The van der Waals surface area contributed by atoms with Crippen LogP contribution in [0, 0.1) is 5.92 Å². The second-order valence-electron chi connectivity index (χ2n) is 7.70. The average Bonchev–Trinajstić information content (AvgIpc) is 3.15. The number of piperidine rings is 1. The number of likely N-dealkylation sites (tertiary alicyclic amines) is 1. The van der Waals surface area contributed by atoms with Gasteiger partial charge in [-0.05, 0) is 26.0 Å². The van der Waals surface area contributed by atoms with Crippen LogP contribution in [0.3, 0.4) is 0 Å². The van der Waals surface area contributed by atoms with Gasteiger partial charge in [-0.2, -0.15) is 0 Å². The van der Waals surface area contributed by atoms with E-state index in [0.717, 1.165) is 25.9 Å². The van der Waals surface area contributed by atoms with Crippen molar-refractivity contribution >= 4 is 23.4 Å². The number of nitrogens with zero attached hydrogens (tertiary/aromatic N) is 3. The third-order valence-corrected chi connectivity index (χ3v) is 5.65. The highest BCUT2D eigenvalue weighted by Crippen LogP contribution is 2.26. The van der Waals surface area contributed by atoms with Crippen molar-refractivity contribution in [1.29, 1.82) is 0 Å². The minimum absolute atomic E-state index is 0.0132. The number of rotatable bonds is 7. The lowest BCUT2D eigenvalue weighted by atomic mass is 9.96. The Hall–Kier alpha value is -2.45. The number of nitrogens with two attached hydrogens (primary N) is 1. The first-order valence-electron chi connectivity index (χ1n) is 9.84. The Bertz CT molecular complexity index is 861. The van der Waals surface area contributed by atoms with Crippen LogP contribution in [0.2, 0.25) is 5.02 Å². The Morgan fingerprint density at radius 2 is 1.97 bits per heavy atom. The molecule has 3 N–H and O–H groups in total. The van der Waals surface area contributed by atoms with Crippen molar-refractivity contribution in [2.45, 2.75) is 39.3 Å². The molecule has 1 fully saturated rings. The van der Waals surface area contributed by atoms with E-state index in [1.165, 1.54) is 4.90 Å². The topological polar surface area (TPSA) is 107 Å². The second-order valence-corrected chi connectivity index (χ2v) is 8.11. The first kappa shape index (κ1) is 21.3. The predicted molar refractivity (Wildman–Crippen MR) is 108 cm³/mol. The molecule has 0 aliphatic carbocycles. The number of aromatic nitrogens is 2. The molecule has 0 unspecified atom stereocenters. The standard InChI is InChI=1S/C20H26ClN5O3/c1-13(2)26(18(27)12-25-9-7-14(8-10-25)19(22)28)11-17-23-24-20(29-17)15-5-3-4-6-16(15)21/h3-6,13-14H,7-12H2,1-2H3,(H2,22,28)/p+1. The fourth-order valence-corrected chi connectivity index (χ4v) is 3.78. The molecule has 1 aliphatic heterocycles. The van der Waals surface area contributed by atoms with Gasteiger partial charge in [0.2, 0.25) is 17.7 Å². The Kier molecular flexibility index (Phi) is 6.87. The largest absolute Gasteiger partial charge is 0.419 e. The molecular formula is C20H27ClN5O3+. The number of carbonyl (C=O) groups excluding carboxylic acids is 2. The van der Waals surface area contributed by atoms with Gasteiger partial charge >= 0.3 is 0 Å². The minimum Gasteiger partial charge on any atom is -0.419 e. The van der Waals surface area contributed by atoms with Gasteiger partial charge in [-0.25, -0.2) is 0 Å². The van der Waals surface area contributed by atoms with Gasteiger partial charge in [0.15, 0.2) is 6.54 Å². The van der Waals surface area contributed by atoms with Gasteiger partial charge in [0.1, 0.15) is 0 Å². The molecule has 2 amide bonds. The lowest BCUT2D eigenvalue weighted by Crippen LogP contribution is -3.14. The molecule has 1 aromatic carbocycles. The number of carbonyl (C=O) groups is 2. The molecule has 0 bridgehead atoms. The van der Waals surface area contributed by atoms with Crippen molar-refractivity contribution in [3.63, 3.8) is 0 Å². The number of nitrogens with one attached hydrogen (secondary N) is 1. The summed E-state index contributed by atoms with van der Waals surface area (Å²) in [4.78, 5) is 27.1. The highest BCUT2D eigenvalue weighted by Gasteiger charge is 2.29. The predicted octanol–water partition coefficient (Wildman–Crippen LogP) is 0.907. The van der Waals surface area contributed by atoms with Crippen LogP contribution in [0.5, 0.6) is 0 Å². The summed E-state index contributed by atoms with van der Waals surface area (Å²) in [6.45, 7) is 6.06. The van der Waals surface area contributed by atoms with Crippen LogP contribution in [0.1, 0.15) is 32.6 Å². The van der Waals surface area contributed by atoms with E-state index >= 15 is 0 Å². The zero-order valence-electron chi connectivity index (χ0n) is 16.7. The number of quaternary nitrogens is 1. The smallest absolute Gasteiger partial charge is 0.278 e. The second kappa shape index (κ2) is 9.37. The maximum Gasteiger partial charge on any atom is 0.278 e. The molecule has 1 aliphatic rings. The van der Waals surface area contributed by atoms with Crippen LogP contribution < -0.4 is 10.6 Å². The monoisotopic (exact) mass is 420 g/mol. The SMILES string of the molecule is CC(C)N(Cc1nnc(-c2ccccc2Cl)o1)C(=O)C[NH+]1CCC(C(N)=O)CC1. The number of benzene rings is 1. The summed E-state index contributed by atoms with van der Waals surface area (Å²) < 4.78 is 5.75. The van der Waals surface area contributed by atoms with Gasteiger partial charge in [0.05, 0.1) is 30.2 Å². The quantitative estimate of drug-likeness (QED) is 0.692. The molecule has 0 spiro atoms. The van der Waals surface area contributed by atoms with Crippen LogP contribution in [0.25, 0.3) is 11.5 Å². The molecule has 0 saturated carbocycles. The summed E-state index contributed by atoms with van der Waals surface area (Å²) in [6, 6.07) is 7.23. The van der Waals surface area contributed by atoms with E-state index in [1.54, 1.807) is 11.0 Å². The van der Waals surface area contributed by atoms with Gasteiger partial charge in [0, 0.05) is 24.8 Å². The van der Waals surface area contributed by atoms with Gasteiger partial charge < -0.3 is 20.0 Å². The summed E-state index contributed by atoms with van der Waals surface area (Å²) in [5.41, 5.74) is 6.05. The summed E-state index contributed by atoms with van der Waals surface area (Å²) in [7, 11) is 0. The van der Waals surface area contributed by atoms with Crippen molar-refractivity contribution in [2.24, 2.45) is 11.7 Å². The summed E-state index contributed by atoms with van der Waals surface area (Å²) in [6.07, 6.45) is 1.45. The van der Waals surface area contributed by atoms with Crippen LogP contribution in [0.4, 0.5) is 0 Å². The van der Waals surface area contributed by atoms with E-state index in [2.05, 4.69) is 10.2 Å². The molecule has 9 heteroatoms. The molecule has 156 valence electrons. The molecule has 0 atom stereocenters. The van der Waals surface area contributed by atoms with Crippen molar-refractivity contribution < 1.29 is 18.9 Å². The summed E-state index contributed by atoms with van der Waals surface area (Å²) >= 11 is 6.19. The number of halogens is 1. The van der Waals surface area contributed by atoms with E-state index in [1.807, 2.05) is 32.0 Å². The van der Waals surface area contributed by atoms with Crippen molar-refractivity contribution in [3.8, 4) is 11.5 Å². The van der Waals surface area contributed by atoms with E-state index in [-0.39, 0.29) is 30.3 Å². The van der Waals surface area contributed by atoms with Crippen LogP contribution in [-0.4, -0.2) is 52.6 Å². The molecule has 1 saturated heterocycles. The molecule has 8 nitrogen and oxygen atoms in total. The maximum absolute atomic E-state index is 12.9. The number of primary amides is 1. The van der Waals surface area contributed by atoms with Crippen LogP contribution >= 0.6 is 11.6 Å². The van der Waals surface area contributed by atoms with Crippen molar-refractivity contribution in [1.82, 2.24) is 15.1 Å². The molecular weight excluding hydrogens is 394 g/mol. The zero-order chi connectivity index (χ0) is 21.0. The fraction of sp³-hybridized carbons (Fsp3) is 0.500. The molecule has 0 radical (unpaired) electrons. The Morgan fingerprint density at radius 3 is 2.59 bits per heavy atom. The molecule has 29 heavy (non-hydrogen) atoms. The minimum atomic E-state index is -0.245. The van der Waals surface area contributed by atoms with Crippen molar-refractivity contribution in [2.75, 3.05) is 19.6 Å². The highest BCUT2D eigenvalue weighted by molar-refractivity contribution is 6.33. The van der Waals surface area contributed by atoms with E-state index in [0.29, 0.717) is 28.9 Å². The van der Waals surface area contributed by atoms with Crippen LogP contribution in [-0.2, 0) is 16.1 Å². The van der Waals surface area contributed by atoms with Gasteiger partial charge in [-0.15, -0.1) is 10.2 Å². The van der Waals surface area contributed by atoms with Crippen molar-refractivity contribution in [3.05, 3.63) is 35.2 Å². The first-order valence-corrected chi connectivity index (χ1v) is 10.2. The van der Waals surface area contributed by atoms with Gasteiger partial charge in [-0.1, -0.05) is 23.7 Å². The van der Waals surface area contributed by atoms with Gasteiger partial charge in [-0.3, -0.25) is 9.59 Å². The molecule has 2 heterocycles. The van der Waals surface area contributed by atoms with Crippen LogP contribution in [0.15, 0.2) is 28.7 Å². The third-order valence-electron chi connectivity index (χ3n) is 5.32. The molecule has 2 aromatic rings. The lowest BCUT2D eigenvalue weighted by Gasteiger charge is -2.30. The zero-order valence-corrected chi connectivity index (χ0v) is 17.5. The molecule has 3 rings (SSSR count). The normalized spacial score (nSPS) is 19.3. The van der Waals surface area contributed by atoms with E-state index in [4.69, 9.17) is 21.8 Å². The van der Waals surface area contributed by atoms with E-state index in [9.17, 15) is 9.59 Å². The first-order chi connectivity index (χ1) is 13.8.